The van der Waals surface area contributed by atoms with E-state index in [-0.39, 0.29) is 6.03 Å². The van der Waals surface area contributed by atoms with E-state index in [0.717, 1.165) is 37.2 Å². The van der Waals surface area contributed by atoms with Crippen molar-refractivity contribution in [2.45, 2.75) is 26.3 Å². The molecule has 4 rings (SSSR count). The van der Waals surface area contributed by atoms with E-state index >= 15 is 0 Å². The van der Waals surface area contributed by atoms with Crippen molar-refractivity contribution in [1.29, 1.82) is 0 Å². The highest BCUT2D eigenvalue weighted by molar-refractivity contribution is 5.90. The number of hydrogen-bond donors (Lipinski definition) is 1. The Morgan fingerprint density at radius 1 is 1.36 bits per heavy atom. The summed E-state index contributed by atoms with van der Waals surface area (Å²) in [5.74, 6) is 1.16. The first-order valence-electron chi connectivity index (χ1n) is 9.52. The third-order valence-electron chi connectivity index (χ3n) is 5.06. The molecule has 9 nitrogen and oxygen atoms in total. The minimum Gasteiger partial charge on any atom is -0.324 e. The predicted octanol–water partition coefficient (Wildman–Crippen LogP) is 2.19. The number of aryl methyl sites for hydroxylation is 2. The maximum Gasteiger partial charge on any atom is 0.321 e. The summed E-state index contributed by atoms with van der Waals surface area (Å²) in [5.41, 5.74) is 2.83. The number of nitrogens with zero attached hydrogens (tertiary/aromatic N) is 7. The molecule has 1 aliphatic rings. The number of likely N-dealkylation sites (tertiary alicyclic amines) is 1. The van der Waals surface area contributed by atoms with Crippen LogP contribution in [0.5, 0.6) is 0 Å². The molecule has 0 bridgehead atoms. The number of tetrazole rings is 1. The van der Waals surface area contributed by atoms with E-state index in [2.05, 4.69) is 25.9 Å². The summed E-state index contributed by atoms with van der Waals surface area (Å²) >= 11 is 0. The average molecular weight is 380 g/mol. The predicted molar refractivity (Wildman–Crippen MR) is 105 cm³/mol. The first-order chi connectivity index (χ1) is 13.6. The van der Waals surface area contributed by atoms with Crippen LogP contribution in [0.4, 0.5) is 10.5 Å². The summed E-state index contributed by atoms with van der Waals surface area (Å²) in [6.45, 7) is 4.20. The second-order valence-electron chi connectivity index (χ2n) is 7.16. The van der Waals surface area contributed by atoms with E-state index in [0.29, 0.717) is 18.3 Å². The SMILES string of the molecule is CCn1nnnc1-c1cccc(NC(=O)N2CCC(Cc3cnn(C)c3)C2)c1. The molecule has 1 fully saturated rings. The zero-order valence-corrected chi connectivity index (χ0v) is 16.1. The number of aromatic nitrogens is 6. The monoisotopic (exact) mass is 380 g/mol. The molecule has 2 amide bonds. The largest absolute Gasteiger partial charge is 0.324 e. The van der Waals surface area contributed by atoms with Gasteiger partial charge in [0.25, 0.3) is 0 Å². The molecule has 146 valence electrons. The fourth-order valence-corrected chi connectivity index (χ4v) is 3.66. The van der Waals surface area contributed by atoms with Gasteiger partial charge in [-0.05, 0) is 53.8 Å². The lowest BCUT2D eigenvalue weighted by atomic mass is 10.0. The van der Waals surface area contributed by atoms with Gasteiger partial charge < -0.3 is 10.2 Å². The highest BCUT2D eigenvalue weighted by atomic mass is 16.2. The van der Waals surface area contributed by atoms with Gasteiger partial charge in [-0.25, -0.2) is 9.48 Å². The van der Waals surface area contributed by atoms with Gasteiger partial charge >= 0.3 is 6.03 Å². The van der Waals surface area contributed by atoms with E-state index in [9.17, 15) is 4.79 Å². The molecule has 9 heteroatoms. The zero-order chi connectivity index (χ0) is 19.5. The second kappa shape index (κ2) is 7.79. The maximum atomic E-state index is 12.7. The lowest BCUT2D eigenvalue weighted by Crippen LogP contribution is -2.33. The highest BCUT2D eigenvalue weighted by Crippen LogP contribution is 2.23. The molecule has 28 heavy (non-hydrogen) atoms. The Morgan fingerprint density at radius 2 is 2.25 bits per heavy atom. The van der Waals surface area contributed by atoms with Crippen molar-refractivity contribution >= 4 is 11.7 Å². The number of benzene rings is 1. The van der Waals surface area contributed by atoms with Crippen LogP contribution in [-0.2, 0) is 20.0 Å². The van der Waals surface area contributed by atoms with E-state index in [1.165, 1.54) is 5.56 Å². The average Bonchev–Trinajstić information content (AvgIpc) is 3.43. The fourth-order valence-electron chi connectivity index (χ4n) is 3.66. The number of anilines is 1. The standard InChI is InChI=1S/C19H24N8O/c1-3-27-18(22-23-24-27)16-5-4-6-17(10-16)21-19(28)26-8-7-14(13-26)9-15-11-20-25(2)12-15/h4-6,10-12,14H,3,7-9,13H2,1-2H3,(H,21,28). The Morgan fingerprint density at radius 3 is 3.04 bits per heavy atom. The summed E-state index contributed by atoms with van der Waals surface area (Å²) in [6, 6.07) is 7.55. The van der Waals surface area contributed by atoms with Crippen LogP contribution in [0.25, 0.3) is 11.4 Å². The molecule has 1 N–H and O–H groups in total. The van der Waals surface area contributed by atoms with Crippen molar-refractivity contribution in [2.24, 2.45) is 13.0 Å². The number of urea groups is 1. The molecule has 1 aliphatic heterocycles. The molecule has 1 saturated heterocycles. The topological polar surface area (TPSA) is 93.8 Å². The lowest BCUT2D eigenvalue weighted by molar-refractivity contribution is 0.221. The molecule has 0 radical (unpaired) electrons. The Kier molecular flexibility index (Phi) is 5.05. The van der Waals surface area contributed by atoms with Crippen molar-refractivity contribution in [3.63, 3.8) is 0 Å². The molecule has 0 spiro atoms. The van der Waals surface area contributed by atoms with Crippen LogP contribution in [0.15, 0.2) is 36.7 Å². The molecular weight excluding hydrogens is 356 g/mol. The molecule has 1 unspecified atom stereocenters. The first-order valence-corrected chi connectivity index (χ1v) is 9.52. The van der Waals surface area contributed by atoms with Crippen LogP contribution < -0.4 is 5.32 Å². The number of carbonyl (C=O) groups is 1. The van der Waals surface area contributed by atoms with Gasteiger partial charge in [0.2, 0.25) is 0 Å². The summed E-state index contributed by atoms with van der Waals surface area (Å²) < 4.78 is 3.54. The number of carbonyl (C=O) groups excluding carboxylic acids is 1. The van der Waals surface area contributed by atoms with E-state index in [1.807, 2.05) is 60.2 Å². The van der Waals surface area contributed by atoms with Crippen LogP contribution in [0.1, 0.15) is 18.9 Å². The molecule has 3 aromatic rings. The van der Waals surface area contributed by atoms with Crippen molar-refractivity contribution in [3.05, 3.63) is 42.2 Å². The second-order valence-corrected chi connectivity index (χ2v) is 7.16. The van der Waals surface area contributed by atoms with Gasteiger partial charge in [0.15, 0.2) is 5.82 Å². The van der Waals surface area contributed by atoms with Crippen LogP contribution in [0.3, 0.4) is 0 Å². The Labute approximate surface area is 163 Å². The molecular formula is C19H24N8O. The Bertz CT molecular complexity index is 962. The van der Waals surface area contributed by atoms with Crippen molar-refractivity contribution in [1.82, 2.24) is 34.9 Å². The van der Waals surface area contributed by atoms with Gasteiger partial charge in [-0.15, -0.1) is 5.10 Å². The van der Waals surface area contributed by atoms with Gasteiger partial charge in [-0.2, -0.15) is 5.10 Å². The molecule has 3 heterocycles. The Hall–Kier alpha value is -3.23. The normalized spacial score (nSPS) is 16.5. The minimum absolute atomic E-state index is 0.0686. The van der Waals surface area contributed by atoms with Gasteiger partial charge in [0.05, 0.1) is 6.20 Å². The molecule has 0 aliphatic carbocycles. The number of amides is 2. The van der Waals surface area contributed by atoms with Crippen molar-refractivity contribution in [2.75, 3.05) is 18.4 Å². The Balaban J connectivity index is 1.38. The lowest BCUT2D eigenvalue weighted by Gasteiger charge is -2.17. The fraction of sp³-hybridized carbons (Fsp3) is 0.421. The smallest absolute Gasteiger partial charge is 0.321 e. The molecule has 0 saturated carbocycles. The summed E-state index contributed by atoms with van der Waals surface area (Å²) in [6.07, 6.45) is 5.90. The summed E-state index contributed by atoms with van der Waals surface area (Å²) in [7, 11) is 1.92. The van der Waals surface area contributed by atoms with Crippen LogP contribution >= 0.6 is 0 Å². The number of hydrogen-bond acceptors (Lipinski definition) is 5. The quantitative estimate of drug-likeness (QED) is 0.732. The van der Waals surface area contributed by atoms with Gasteiger partial charge in [0.1, 0.15) is 0 Å². The molecule has 2 aromatic heterocycles. The maximum absolute atomic E-state index is 12.7. The van der Waals surface area contributed by atoms with Gasteiger partial charge in [0, 0.05) is 44.1 Å². The molecule has 1 aromatic carbocycles. The van der Waals surface area contributed by atoms with Crippen LogP contribution in [-0.4, -0.2) is 54.0 Å². The number of rotatable bonds is 5. The third-order valence-corrected chi connectivity index (χ3v) is 5.06. The minimum atomic E-state index is -0.0686. The molecule has 1 atom stereocenters. The van der Waals surface area contributed by atoms with Crippen LogP contribution in [0.2, 0.25) is 0 Å². The zero-order valence-electron chi connectivity index (χ0n) is 16.1. The van der Waals surface area contributed by atoms with Crippen LogP contribution in [0, 0.1) is 5.92 Å². The summed E-state index contributed by atoms with van der Waals surface area (Å²) in [5, 5.41) is 19.0. The summed E-state index contributed by atoms with van der Waals surface area (Å²) in [4.78, 5) is 14.6. The van der Waals surface area contributed by atoms with E-state index in [4.69, 9.17) is 0 Å². The van der Waals surface area contributed by atoms with E-state index in [1.54, 1.807) is 4.68 Å². The van der Waals surface area contributed by atoms with Crippen molar-refractivity contribution < 1.29 is 4.79 Å². The third kappa shape index (κ3) is 3.88. The highest BCUT2D eigenvalue weighted by Gasteiger charge is 2.26. The number of nitrogens with one attached hydrogen (secondary N) is 1. The van der Waals surface area contributed by atoms with Gasteiger partial charge in [-0.1, -0.05) is 12.1 Å². The van der Waals surface area contributed by atoms with Crippen molar-refractivity contribution in [3.8, 4) is 11.4 Å². The van der Waals surface area contributed by atoms with Gasteiger partial charge in [-0.3, -0.25) is 4.68 Å². The van der Waals surface area contributed by atoms with E-state index < -0.39 is 0 Å². The first kappa shape index (κ1) is 18.1.